The van der Waals surface area contributed by atoms with Crippen molar-refractivity contribution in [1.82, 2.24) is 4.37 Å². The van der Waals surface area contributed by atoms with Crippen LogP contribution in [0.1, 0.15) is 15.2 Å². The molecule has 1 aromatic carbocycles. The van der Waals surface area contributed by atoms with E-state index in [0.717, 1.165) is 11.5 Å². The molecule has 0 unspecified atom stereocenters. The number of carbonyl (C=O) groups excluding carboxylic acids is 1. The monoisotopic (exact) mass is 389 g/mol. The summed E-state index contributed by atoms with van der Waals surface area (Å²) in [7, 11) is 0. The van der Waals surface area contributed by atoms with Gasteiger partial charge < -0.3 is 5.32 Å². The predicted octanol–water partition coefficient (Wildman–Crippen LogP) is 3.53. The predicted molar refractivity (Wildman–Crippen MR) is 79.0 cm³/mol. The number of nitrogens with one attached hydrogen (secondary N) is 1. The van der Waals surface area contributed by atoms with Gasteiger partial charge in [0.1, 0.15) is 14.6 Å². The van der Waals surface area contributed by atoms with E-state index < -0.39 is 0 Å². The Bertz CT molecular complexity index is 650. The molecule has 1 N–H and O–H groups in total. The van der Waals surface area contributed by atoms with E-state index in [2.05, 4.69) is 9.69 Å². The first-order valence-electron chi connectivity index (χ1n) is 4.74. The van der Waals surface area contributed by atoms with Crippen LogP contribution in [0.5, 0.6) is 0 Å². The number of aromatic nitrogens is 1. The lowest BCUT2D eigenvalue weighted by Crippen LogP contribution is -2.11. The van der Waals surface area contributed by atoms with Crippen molar-refractivity contribution in [1.29, 1.82) is 5.26 Å². The summed E-state index contributed by atoms with van der Waals surface area (Å²) in [6.45, 7) is 0. The number of anilines is 1. The molecule has 1 amide bonds. The molecule has 0 aliphatic rings. The fraction of sp³-hybridized carbons (Fsp3) is 0. The number of hydrogen-bond acceptors (Lipinski definition) is 4. The average Bonchev–Trinajstić information content (AvgIpc) is 2.71. The molecule has 18 heavy (non-hydrogen) atoms. The van der Waals surface area contributed by atoms with E-state index in [4.69, 9.17) is 16.9 Å². The van der Waals surface area contributed by atoms with Gasteiger partial charge in [-0.25, -0.2) is 0 Å². The molecule has 0 aliphatic carbocycles. The van der Waals surface area contributed by atoms with Gasteiger partial charge >= 0.3 is 0 Å². The zero-order valence-electron chi connectivity index (χ0n) is 8.78. The molecular weight excluding hydrogens is 385 g/mol. The Morgan fingerprint density at radius 2 is 2.22 bits per heavy atom. The Morgan fingerprint density at radius 1 is 1.50 bits per heavy atom. The number of benzene rings is 1. The van der Waals surface area contributed by atoms with Crippen molar-refractivity contribution in [2.24, 2.45) is 0 Å². The van der Waals surface area contributed by atoms with Gasteiger partial charge in [0.15, 0.2) is 0 Å². The SMILES string of the molecule is N#Cc1ccccc1NC(=O)c1snc(I)c1Cl. The zero-order valence-corrected chi connectivity index (χ0v) is 12.5. The maximum absolute atomic E-state index is 12.0. The topological polar surface area (TPSA) is 65.8 Å². The molecule has 0 bridgehead atoms. The molecule has 90 valence electrons. The van der Waals surface area contributed by atoms with Crippen molar-refractivity contribution in [2.75, 3.05) is 5.32 Å². The number of nitrogens with zero attached hydrogens (tertiary/aromatic N) is 2. The number of hydrogen-bond donors (Lipinski definition) is 1. The molecule has 2 aromatic rings. The van der Waals surface area contributed by atoms with Gasteiger partial charge in [0, 0.05) is 0 Å². The highest BCUT2D eigenvalue weighted by Gasteiger charge is 2.17. The first-order chi connectivity index (χ1) is 8.63. The smallest absolute Gasteiger partial charge is 0.268 e. The van der Waals surface area contributed by atoms with Crippen LogP contribution in [0.4, 0.5) is 5.69 Å². The molecule has 0 radical (unpaired) electrons. The van der Waals surface area contributed by atoms with E-state index in [1.807, 2.05) is 28.7 Å². The molecule has 4 nitrogen and oxygen atoms in total. The van der Waals surface area contributed by atoms with Crippen molar-refractivity contribution in [3.8, 4) is 6.07 Å². The molecule has 0 saturated carbocycles. The molecular formula is C11H5ClIN3OS. The van der Waals surface area contributed by atoms with E-state index in [1.54, 1.807) is 24.3 Å². The fourth-order valence-electron chi connectivity index (χ4n) is 1.27. The van der Waals surface area contributed by atoms with Crippen LogP contribution in [0.3, 0.4) is 0 Å². The third kappa shape index (κ3) is 2.63. The van der Waals surface area contributed by atoms with Crippen LogP contribution < -0.4 is 5.32 Å². The van der Waals surface area contributed by atoms with Crippen LogP contribution in [0, 0.1) is 15.0 Å². The average molecular weight is 390 g/mol. The molecule has 2 rings (SSSR count). The van der Waals surface area contributed by atoms with Crippen molar-refractivity contribution in [2.45, 2.75) is 0 Å². The van der Waals surface area contributed by atoms with E-state index in [0.29, 0.717) is 24.9 Å². The van der Waals surface area contributed by atoms with Gasteiger partial charge in [0.05, 0.1) is 16.3 Å². The summed E-state index contributed by atoms with van der Waals surface area (Å²) in [6.07, 6.45) is 0. The molecule has 7 heteroatoms. The molecule has 0 atom stereocenters. The van der Waals surface area contributed by atoms with E-state index in [9.17, 15) is 4.79 Å². The minimum absolute atomic E-state index is 0.340. The molecule has 0 saturated heterocycles. The van der Waals surface area contributed by atoms with Crippen LogP contribution in [0.2, 0.25) is 5.02 Å². The molecule has 1 aromatic heterocycles. The fourth-order valence-corrected chi connectivity index (χ4v) is 2.87. The summed E-state index contributed by atoms with van der Waals surface area (Å²) in [5.74, 6) is -0.358. The number of amides is 1. The second-order valence-electron chi connectivity index (χ2n) is 3.23. The molecule has 0 fully saturated rings. The first-order valence-corrected chi connectivity index (χ1v) is 6.97. The van der Waals surface area contributed by atoms with E-state index >= 15 is 0 Å². The van der Waals surface area contributed by atoms with Crippen LogP contribution >= 0.6 is 45.7 Å². The van der Waals surface area contributed by atoms with Crippen molar-refractivity contribution >= 4 is 57.3 Å². The van der Waals surface area contributed by atoms with Crippen molar-refractivity contribution in [3.63, 3.8) is 0 Å². The summed E-state index contributed by atoms with van der Waals surface area (Å²) in [5, 5.41) is 11.9. The standard InChI is InChI=1S/C11H5ClIN3OS/c12-8-9(18-16-10(8)13)11(17)15-7-4-2-1-3-6(7)5-14/h1-4H,(H,15,17). The van der Waals surface area contributed by atoms with Crippen LogP contribution in [-0.2, 0) is 0 Å². The van der Waals surface area contributed by atoms with Gasteiger partial charge in [0.25, 0.3) is 5.91 Å². The van der Waals surface area contributed by atoms with Gasteiger partial charge in [-0.3, -0.25) is 4.79 Å². The number of rotatable bonds is 2. The van der Waals surface area contributed by atoms with Gasteiger partial charge in [-0.1, -0.05) is 23.7 Å². The summed E-state index contributed by atoms with van der Waals surface area (Å²) >= 11 is 8.95. The van der Waals surface area contributed by atoms with E-state index in [-0.39, 0.29) is 5.91 Å². The van der Waals surface area contributed by atoms with Crippen molar-refractivity contribution < 1.29 is 4.79 Å². The Labute approximate surface area is 126 Å². The second kappa shape index (κ2) is 5.65. The van der Waals surface area contributed by atoms with Gasteiger partial charge in [-0.15, -0.1) is 0 Å². The number of halogens is 2. The minimum atomic E-state index is -0.358. The third-order valence-electron chi connectivity index (χ3n) is 2.10. The van der Waals surface area contributed by atoms with Crippen LogP contribution in [0.25, 0.3) is 0 Å². The first kappa shape index (κ1) is 13.3. The quantitative estimate of drug-likeness (QED) is 0.799. The van der Waals surface area contributed by atoms with Crippen molar-refractivity contribution in [3.05, 3.63) is 43.4 Å². The maximum Gasteiger partial charge on any atom is 0.268 e. The summed E-state index contributed by atoms with van der Waals surface area (Å²) < 4.78 is 4.59. The number of para-hydroxylation sites is 1. The number of carbonyl (C=O) groups is 1. The Hall–Kier alpha value is -1.17. The Balaban J connectivity index is 2.28. The molecule has 0 aliphatic heterocycles. The highest BCUT2D eigenvalue weighted by molar-refractivity contribution is 14.1. The summed E-state index contributed by atoms with van der Waals surface area (Å²) in [6, 6.07) is 8.78. The van der Waals surface area contributed by atoms with Gasteiger partial charge in [0.2, 0.25) is 0 Å². The zero-order chi connectivity index (χ0) is 13.1. The summed E-state index contributed by atoms with van der Waals surface area (Å²) in [4.78, 5) is 12.3. The number of nitriles is 1. The maximum atomic E-state index is 12.0. The van der Waals surface area contributed by atoms with Gasteiger partial charge in [-0.2, -0.15) is 9.64 Å². The lowest BCUT2D eigenvalue weighted by Gasteiger charge is -2.05. The minimum Gasteiger partial charge on any atom is -0.320 e. The van der Waals surface area contributed by atoms with Crippen LogP contribution in [-0.4, -0.2) is 10.3 Å². The second-order valence-corrected chi connectivity index (χ2v) is 5.40. The lowest BCUT2D eigenvalue weighted by atomic mass is 10.2. The highest BCUT2D eigenvalue weighted by atomic mass is 127. The normalized spacial score (nSPS) is 9.83. The van der Waals surface area contributed by atoms with Crippen LogP contribution in [0.15, 0.2) is 24.3 Å². The Morgan fingerprint density at radius 3 is 2.83 bits per heavy atom. The summed E-state index contributed by atoms with van der Waals surface area (Å²) in [5.41, 5.74) is 0.866. The van der Waals surface area contributed by atoms with E-state index in [1.165, 1.54) is 0 Å². The largest absolute Gasteiger partial charge is 0.320 e. The Kier molecular flexibility index (Phi) is 4.16. The third-order valence-corrected chi connectivity index (χ3v) is 4.85. The molecule has 0 spiro atoms. The lowest BCUT2D eigenvalue weighted by molar-refractivity contribution is 0.103. The molecule has 1 heterocycles. The van der Waals surface area contributed by atoms with Gasteiger partial charge in [-0.05, 0) is 46.3 Å². The highest BCUT2D eigenvalue weighted by Crippen LogP contribution is 2.27.